The van der Waals surface area contributed by atoms with Gasteiger partial charge < -0.3 is 10.1 Å². The predicted octanol–water partition coefficient (Wildman–Crippen LogP) is 4.72. The maximum absolute atomic E-state index is 6.00. The van der Waals surface area contributed by atoms with Crippen LogP contribution in [-0.4, -0.2) is 7.05 Å². The number of nitrogens with one attached hydrogen (secondary N) is 1. The lowest BCUT2D eigenvalue weighted by atomic mass is 10.1. The number of aryl methyl sites for hydroxylation is 1. The van der Waals surface area contributed by atoms with Crippen molar-refractivity contribution >= 4 is 11.6 Å². The third kappa shape index (κ3) is 3.49. The summed E-state index contributed by atoms with van der Waals surface area (Å²) in [5.74, 6) is 1.62. The molecule has 1 N–H and O–H groups in total. The van der Waals surface area contributed by atoms with Crippen LogP contribution >= 0.6 is 11.6 Å². The number of rotatable bonds is 4. The molecule has 0 bridgehead atoms. The fourth-order valence-corrected chi connectivity index (χ4v) is 1.99. The van der Waals surface area contributed by atoms with Crippen LogP contribution in [0, 0.1) is 6.92 Å². The van der Waals surface area contributed by atoms with E-state index in [9.17, 15) is 0 Å². The minimum Gasteiger partial charge on any atom is -0.457 e. The van der Waals surface area contributed by atoms with E-state index in [4.69, 9.17) is 16.3 Å². The van der Waals surface area contributed by atoms with E-state index in [1.54, 1.807) is 0 Å². The molecule has 0 aliphatic heterocycles. The molecule has 1 atom stereocenters. The average molecular weight is 276 g/mol. The molecule has 19 heavy (non-hydrogen) atoms. The van der Waals surface area contributed by atoms with Crippen molar-refractivity contribution in [1.82, 2.24) is 5.32 Å². The van der Waals surface area contributed by atoms with Gasteiger partial charge in [0, 0.05) is 11.1 Å². The molecule has 0 heterocycles. The Morgan fingerprint density at radius 2 is 1.95 bits per heavy atom. The van der Waals surface area contributed by atoms with Crippen LogP contribution in [0.5, 0.6) is 11.5 Å². The number of hydrogen-bond acceptors (Lipinski definition) is 2. The van der Waals surface area contributed by atoms with Gasteiger partial charge in [-0.2, -0.15) is 0 Å². The first-order valence-corrected chi connectivity index (χ1v) is 6.69. The second kappa shape index (κ2) is 6.09. The van der Waals surface area contributed by atoms with Crippen molar-refractivity contribution in [2.45, 2.75) is 19.9 Å². The van der Waals surface area contributed by atoms with E-state index in [-0.39, 0.29) is 0 Å². The zero-order valence-corrected chi connectivity index (χ0v) is 12.2. The van der Waals surface area contributed by atoms with Crippen LogP contribution in [0.25, 0.3) is 0 Å². The van der Waals surface area contributed by atoms with E-state index in [2.05, 4.69) is 18.3 Å². The van der Waals surface area contributed by atoms with Gasteiger partial charge in [-0.15, -0.1) is 0 Å². The lowest BCUT2D eigenvalue weighted by Crippen LogP contribution is -2.12. The molecular formula is C16H18ClNO. The maximum atomic E-state index is 6.00. The Labute approximate surface area is 119 Å². The third-order valence-corrected chi connectivity index (χ3v) is 3.40. The van der Waals surface area contributed by atoms with Gasteiger partial charge in [0.25, 0.3) is 0 Å². The summed E-state index contributed by atoms with van der Waals surface area (Å²) in [5, 5.41) is 3.90. The molecule has 1 unspecified atom stereocenters. The summed E-state index contributed by atoms with van der Waals surface area (Å²) in [4.78, 5) is 0. The van der Waals surface area contributed by atoms with Crippen LogP contribution < -0.4 is 10.1 Å². The van der Waals surface area contributed by atoms with Gasteiger partial charge in [0.05, 0.1) is 0 Å². The minimum atomic E-state index is 0.295. The highest BCUT2D eigenvalue weighted by Crippen LogP contribution is 2.29. The van der Waals surface area contributed by atoms with Gasteiger partial charge in [-0.3, -0.25) is 0 Å². The van der Waals surface area contributed by atoms with Crippen molar-refractivity contribution in [2.75, 3.05) is 7.05 Å². The minimum absolute atomic E-state index is 0.295. The smallest absolute Gasteiger partial charge is 0.131 e. The molecule has 0 aliphatic carbocycles. The molecule has 0 fully saturated rings. The van der Waals surface area contributed by atoms with Gasteiger partial charge in [-0.25, -0.2) is 0 Å². The van der Waals surface area contributed by atoms with Crippen molar-refractivity contribution < 1.29 is 4.74 Å². The average Bonchev–Trinajstić information content (AvgIpc) is 2.42. The standard InChI is InChI=1S/C16H18ClNO/c1-11-7-8-14(17)10-16(11)19-15-6-4-5-13(9-15)12(2)18-3/h4-10,12,18H,1-3H3. The Morgan fingerprint density at radius 1 is 1.16 bits per heavy atom. The van der Waals surface area contributed by atoms with Crippen molar-refractivity contribution in [3.63, 3.8) is 0 Å². The Kier molecular flexibility index (Phi) is 4.46. The first kappa shape index (κ1) is 13.9. The SMILES string of the molecule is CNC(C)c1cccc(Oc2cc(Cl)ccc2C)c1. The van der Waals surface area contributed by atoms with Gasteiger partial charge in [-0.05, 0) is 56.3 Å². The van der Waals surface area contributed by atoms with E-state index >= 15 is 0 Å². The zero-order valence-electron chi connectivity index (χ0n) is 11.4. The van der Waals surface area contributed by atoms with Crippen LogP contribution in [0.4, 0.5) is 0 Å². The Morgan fingerprint density at radius 3 is 2.68 bits per heavy atom. The molecule has 0 spiro atoms. The number of hydrogen-bond donors (Lipinski definition) is 1. The second-order valence-corrected chi connectivity index (χ2v) is 5.03. The van der Waals surface area contributed by atoms with Crippen molar-refractivity contribution in [3.8, 4) is 11.5 Å². The number of halogens is 1. The van der Waals surface area contributed by atoms with Gasteiger partial charge in [0.2, 0.25) is 0 Å². The first-order chi connectivity index (χ1) is 9.10. The molecule has 2 aromatic rings. The van der Waals surface area contributed by atoms with E-state index in [0.717, 1.165) is 17.1 Å². The topological polar surface area (TPSA) is 21.3 Å². The molecule has 100 valence electrons. The molecule has 0 saturated carbocycles. The fourth-order valence-electron chi connectivity index (χ4n) is 1.82. The normalized spacial score (nSPS) is 12.2. The highest BCUT2D eigenvalue weighted by molar-refractivity contribution is 6.30. The molecule has 0 aliphatic rings. The molecule has 2 nitrogen and oxygen atoms in total. The predicted molar refractivity (Wildman–Crippen MR) is 80.2 cm³/mol. The summed E-state index contributed by atoms with van der Waals surface area (Å²) in [6.45, 7) is 4.12. The van der Waals surface area contributed by atoms with Crippen LogP contribution in [0.2, 0.25) is 5.02 Å². The molecular weight excluding hydrogens is 258 g/mol. The van der Waals surface area contributed by atoms with Crippen LogP contribution in [0.1, 0.15) is 24.1 Å². The van der Waals surface area contributed by atoms with E-state index in [1.807, 2.05) is 50.4 Å². The van der Waals surface area contributed by atoms with Crippen molar-refractivity contribution in [2.24, 2.45) is 0 Å². The highest BCUT2D eigenvalue weighted by Gasteiger charge is 2.06. The molecule has 0 aromatic heterocycles. The monoisotopic (exact) mass is 275 g/mol. The molecule has 0 amide bonds. The number of ether oxygens (including phenoxy) is 1. The van der Waals surface area contributed by atoms with Gasteiger partial charge in [0.15, 0.2) is 0 Å². The molecule has 0 saturated heterocycles. The largest absolute Gasteiger partial charge is 0.457 e. The van der Waals surface area contributed by atoms with Crippen LogP contribution in [0.3, 0.4) is 0 Å². The lowest BCUT2D eigenvalue weighted by Gasteiger charge is -2.13. The number of benzene rings is 2. The Hall–Kier alpha value is -1.51. The third-order valence-electron chi connectivity index (χ3n) is 3.17. The lowest BCUT2D eigenvalue weighted by molar-refractivity contribution is 0.477. The fraction of sp³-hybridized carbons (Fsp3) is 0.250. The van der Waals surface area contributed by atoms with Crippen molar-refractivity contribution in [3.05, 3.63) is 58.6 Å². The van der Waals surface area contributed by atoms with Gasteiger partial charge >= 0.3 is 0 Å². The van der Waals surface area contributed by atoms with E-state index in [0.29, 0.717) is 11.1 Å². The molecule has 2 rings (SSSR count). The molecule has 0 radical (unpaired) electrons. The molecule has 2 aromatic carbocycles. The van der Waals surface area contributed by atoms with Gasteiger partial charge in [0.1, 0.15) is 11.5 Å². The van der Waals surface area contributed by atoms with E-state index < -0.39 is 0 Å². The summed E-state index contributed by atoms with van der Waals surface area (Å²) in [6.07, 6.45) is 0. The Bertz CT molecular complexity index is 568. The summed E-state index contributed by atoms with van der Waals surface area (Å²) < 4.78 is 5.91. The van der Waals surface area contributed by atoms with E-state index in [1.165, 1.54) is 5.56 Å². The second-order valence-electron chi connectivity index (χ2n) is 4.59. The van der Waals surface area contributed by atoms with Crippen LogP contribution in [0.15, 0.2) is 42.5 Å². The van der Waals surface area contributed by atoms with Crippen LogP contribution in [-0.2, 0) is 0 Å². The first-order valence-electron chi connectivity index (χ1n) is 6.31. The zero-order chi connectivity index (χ0) is 13.8. The summed E-state index contributed by atoms with van der Waals surface area (Å²) in [7, 11) is 1.94. The Balaban J connectivity index is 2.26. The highest BCUT2D eigenvalue weighted by atomic mass is 35.5. The summed E-state index contributed by atoms with van der Waals surface area (Å²) >= 11 is 6.00. The molecule has 3 heteroatoms. The summed E-state index contributed by atoms with van der Waals surface area (Å²) in [6, 6.07) is 14.0. The quantitative estimate of drug-likeness (QED) is 0.872. The van der Waals surface area contributed by atoms with Crippen molar-refractivity contribution in [1.29, 1.82) is 0 Å². The summed E-state index contributed by atoms with van der Waals surface area (Å²) in [5.41, 5.74) is 2.26. The van der Waals surface area contributed by atoms with Gasteiger partial charge in [-0.1, -0.05) is 29.8 Å². The maximum Gasteiger partial charge on any atom is 0.131 e.